The van der Waals surface area contributed by atoms with Crippen molar-refractivity contribution in [1.82, 2.24) is 9.97 Å². The molecule has 1 heterocycles. The second-order valence-corrected chi connectivity index (χ2v) is 2.61. The number of nitrogens with one attached hydrogen (secondary N) is 2. The Morgan fingerprint density at radius 1 is 1.75 bits per heavy atom. The summed E-state index contributed by atoms with van der Waals surface area (Å²) >= 11 is 0. The fourth-order valence-electron chi connectivity index (χ4n) is 0.914. The van der Waals surface area contributed by atoms with E-state index in [4.69, 9.17) is 0 Å². The topological polar surface area (TPSA) is 57.8 Å². The van der Waals surface area contributed by atoms with Gasteiger partial charge in [-0.25, -0.2) is 4.98 Å². The summed E-state index contributed by atoms with van der Waals surface area (Å²) in [5.74, 6) is 1.02. The maximum atomic E-state index is 11.0. The Morgan fingerprint density at radius 3 is 3.17 bits per heavy atom. The molecular formula is C8H13N3O. The van der Waals surface area contributed by atoms with E-state index < -0.39 is 0 Å². The molecule has 0 aliphatic heterocycles. The molecule has 0 aliphatic rings. The molecule has 0 saturated heterocycles. The molecule has 66 valence electrons. The quantitative estimate of drug-likeness (QED) is 0.692. The number of carbonyl (C=O) groups excluding carboxylic acids is 1. The lowest BCUT2D eigenvalue weighted by molar-refractivity contribution is -0.117. The van der Waals surface area contributed by atoms with Gasteiger partial charge < -0.3 is 10.3 Å². The van der Waals surface area contributed by atoms with Crippen molar-refractivity contribution in [2.45, 2.75) is 19.8 Å². The molecule has 0 radical (unpaired) electrons. The van der Waals surface area contributed by atoms with Crippen LogP contribution in [0, 0.1) is 0 Å². The normalized spacial score (nSPS) is 9.75. The molecule has 0 atom stereocenters. The predicted molar refractivity (Wildman–Crippen MR) is 47.0 cm³/mol. The van der Waals surface area contributed by atoms with E-state index in [0.717, 1.165) is 12.2 Å². The van der Waals surface area contributed by atoms with E-state index in [1.165, 1.54) is 0 Å². The van der Waals surface area contributed by atoms with Crippen LogP contribution in [0.2, 0.25) is 0 Å². The van der Waals surface area contributed by atoms with Crippen LogP contribution in [0.25, 0.3) is 0 Å². The molecule has 0 bridgehead atoms. The van der Waals surface area contributed by atoms with Gasteiger partial charge in [-0.1, -0.05) is 6.92 Å². The van der Waals surface area contributed by atoms with Gasteiger partial charge in [0.15, 0.2) is 5.78 Å². The summed E-state index contributed by atoms with van der Waals surface area (Å²) in [5, 5.41) is 2.94. The van der Waals surface area contributed by atoms with E-state index in [-0.39, 0.29) is 5.78 Å². The molecule has 1 aromatic rings. The van der Waals surface area contributed by atoms with Crippen molar-refractivity contribution in [2.75, 3.05) is 11.9 Å². The Bertz CT molecular complexity index is 230. The van der Waals surface area contributed by atoms with E-state index in [1.807, 2.05) is 6.92 Å². The summed E-state index contributed by atoms with van der Waals surface area (Å²) in [6.45, 7) is 2.38. The zero-order valence-corrected chi connectivity index (χ0v) is 7.13. The summed E-state index contributed by atoms with van der Waals surface area (Å²) in [6.07, 6.45) is 4.77. The molecule has 2 N–H and O–H groups in total. The lowest BCUT2D eigenvalue weighted by atomic mass is 10.2. The number of aromatic nitrogens is 2. The van der Waals surface area contributed by atoms with Gasteiger partial charge in [-0.2, -0.15) is 0 Å². The number of rotatable bonds is 5. The van der Waals surface area contributed by atoms with E-state index in [2.05, 4.69) is 15.3 Å². The van der Waals surface area contributed by atoms with Crippen molar-refractivity contribution in [3.8, 4) is 0 Å². The van der Waals surface area contributed by atoms with E-state index >= 15 is 0 Å². The fraction of sp³-hybridized carbons (Fsp3) is 0.500. The highest BCUT2D eigenvalue weighted by molar-refractivity contribution is 5.82. The SMILES string of the molecule is CCCC(=O)CNc1cnc[nH]1. The number of hydrogen-bond acceptors (Lipinski definition) is 3. The number of hydrogen-bond donors (Lipinski definition) is 2. The van der Waals surface area contributed by atoms with Crippen molar-refractivity contribution in [1.29, 1.82) is 0 Å². The highest BCUT2D eigenvalue weighted by Gasteiger charge is 1.99. The minimum atomic E-state index is 0.229. The first-order valence-corrected chi connectivity index (χ1v) is 4.07. The van der Waals surface area contributed by atoms with E-state index in [9.17, 15) is 4.79 Å². The molecule has 4 heteroatoms. The van der Waals surface area contributed by atoms with E-state index in [1.54, 1.807) is 12.5 Å². The predicted octanol–water partition coefficient (Wildman–Crippen LogP) is 1.19. The molecule has 0 aromatic carbocycles. The second kappa shape index (κ2) is 4.54. The van der Waals surface area contributed by atoms with Crippen molar-refractivity contribution in [2.24, 2.45) is 0 Å². The van der Waals surface area contributed by atoms with Gasteiger partial charge in [0.1, 0.15) is 5.82 Å². The summed E-state index contributed by atoms with van der Waals surface area (Å²) < 4.78 is 0. The molecule has 0 amide bonds. The highest BCUT2D eigenvalue weighted by atomic mass is 16.1. The molecule has 0 spiro atoms. The van der Waals surface area contributed by atoms with Crippen LogP contribution in [0.4, 0.5) is 5.82 Å². The van der Waals surface area contributed by atoms with Gasteiger partial charge in [0.05, 0.1) is 19.1 Å². The maximum Gasteiger partial charge on any atom is 0.151 e. The zero-order valence-electron chi connectivity index (χ0n) is 7.13. The first kappa shape index (κ1) is 8.77. The first-order valence-electron chi connectivity index (χ1n) is 4.07. The van der Waals surface area contributed by atoms with Crippen LogP contribution in [0.1, 0.15) is 19.8 Å². The lowest BCUT2D eigenvalue weighted by Gasteiger charge is -2.00. The number of Topliss-reactive ketones (excluding diaryl/α,β-unsaturated/α-hetero) is 1. The molecular weight excluding hydrogens is 154 g/mol. The number of imidazole rings is 1. The Kier molecular flexibility index (Phi) is 3.32. The number of ketones is 1. The van der Waals surface area contributed by atoms with Crippen LogP contribution in [0.3, 0.4) is 0 Å². The molecule has 0 unspecified atom stereocenters. The zero-order chi connectivity index (χ0) is 8.81. The number of H-pyrrole nitrogens is 1. The lowest BCUT2D eigenvalue weighted by Crippen LogP contribution is -2.13. The smallest absolute Gasteiger partial charge is 0.151 e. The molecule has 1 aromatic heterocycles. The minimum absolute atomic E-state index is 0.229. The Morgan fingerprint density at radius 2 is 2.58 bits per heavy atom. The van der Waals surface area contributed by atoms with Crippen molar-refractivity contribution >= 4 is 11.6 Å². The molecule has 12 heavy (non-hydrogen) atoms. The molecule has 0 saturated carbocycles. The summed E-state index contributed by atoms with van der Waals surface area (Å²) in [7, 11) is 0. The largest absolute Gasteiger partial charge is 0.363 e. The van der Waals surface area contributed by atoms with Gasteiger partial charge in [-0.05, 0) is 6.42 Å². The monoisotopic (exact) mass is 167 g/mol. The third-order valence-electron chi connectivity index (χ3n) is 1.50. The molecule has 0 fully saturated rings. The van der Waals surface area contributed by atoms with Gasteiger partial charge >= 0.3 is 0 Å². The van der Waals surface area contributed by atoms with Crippen molar-refractivity contribution in [3.63, 3.8) is 0 Å². The van der Waals surface area contributed by atoms with Crippen LogP contribution in [-0.2, 0) is 4.79 Å². The minimum Gasteiger partial charge on any atom is -0.363 e. The average Bonchev–Trinajstić information content (AvgIpc) is 2.53. The van der Waals surface area contributed by atoms with Crippen LogP contribution in [-0.4, -0.2) is 22.3 Å². The van der Waals surface area contributed by atoms with Gasteiger partial charge in [0.2, 0.25) is 0 Å². The Labute approximate surface area is 71.4 Å². The number of carbonyl (C=O) groups is 1. The van der Waals surface area contributed by atoms with E-state index in [0.29, 0.717) is 13.0 Å². The first-order chi connectivity index (χ1) is 5.83. The Hall–Kier alpha value is -1.32. The standard InChI is InChI=1S/C8H13N3O/c1-2-3-7(12)4-10-8-5-9-6-11-8/h5-6,10H,2-4H2,1H3,(H,9,11). The molecule has 0 aliphatic carbocycles. The van der Waals surface area contributed by atoms with Crippen molar-refractivity contribution in [3.05, 3.63) is 12.5 Å². The third-order valence-corrected chi connectivity index (χ3v) is 1.50. The van der Waals surface area contributed by atoms with Gasteiger partial charge in [0.25, 0.3) is 0 Å². The summed E-state index contributed by atoms with van der Waals surface area (Å²) in [5.41, 5.74) is 0. The molecule has 4 nitrogen and oxygen atoms in total. The highest BCUT2D eigenvalue weighted by Crippen LogP contribution is 1.97. The van der Waals surface area contributed by atoms with Gasteiger partial charge in [-0.15, -0.1) is 0 Å². The van der Waals surface area contributed by atoms with Crippen LogP contribution >= 0.6 is 0 Å². The third kappa shape index (κ3) is 2.74. The second-order valence-electron chi connectivity index (χ2n) is 2.61. The summed E-state index contributed by atoms with van der Waals surface area (Å²) in [6, 6.07) is 0. The molecule has 1 rings (SSSR count). The number of nitrogens with zero attached hydrogens (tertiary/aromatic N) is 1. The maximum absolute atomic E-state index is 11.0. The fourth-order valence-corrected chi connectivity index (χ4v) is 0.914. The Balaban J connectivity index is 2.22. The van der Waals surface area contributed by atoms with Crippen LogP contribution in [0.15, 0.2) is 12.5 Å². The van der Waals surface area contributed by atoms with Gasteiger partial charge in [0, 0.05) is 6.42 Å². The number of anilines is 1. The van der Waals surface area contributed by atoms with Crippen LogP contribution < -0.4 is 5.32 Å². The van der Waals surface area contributed by atoms with Crippen molar-refractivity contribution < 1.29 is 4.79 Å². The van der Waals surface area contributed by atoms with Gasteiger partial charge in [-0.3, -0.25) is 4.79 Å². The average molecular weight is 167 g/mol. The number of aromatic amines is 1. The van der Waals surface area contributed by atoms with Crippen LogP contribution in [0.5, 0.6) is 0 Å². The summed E-state index contributed by atoms with van der Waals surface area (Å²) in [4.78, 5) is 17.7.